The first kappa shape index (κ1) is 25.4. The van der Waals surface area contributed by atoms with Crippen molar-refractivity contribution in [2.24, 2.45) is 0 Å². The van der Waals surface area contributed by atoms with Crippen LogP contribution in [0.15, 0.2) is 42.9 Å². The highest BCUT2D eigenvalue weighted by Crippen LogP contribution is 2.37. The van der Waals surface area contributed by atoms with E-state index in [-0.39, 0.29) is 36.1 Å². The zero-order chi connectivity index (χ0) is 25.9. The molecular formula is C26H30ClFN6O3. The van der Waals surface area contributed by atoms with Gasteiger partial charge in [0.2, 0.25) is 0 Å². The maximum absolute atomic E-state index is 13.4. The van der Waals surface area contributed by atoms with Gasteiger partial charge in [0, 0.05) is 36.0 Å². The van der Waals surface area contributed by atoms with Gasteiger partial charge in [0.1, 0.15) is 23.1 Å². The van der Waals surface area contributed by atoms with Crippen LogP contribution in [0.25, 0.3) is 22.2 Å². The number of aliphatic hydroxyl groups is 2. The molecule has 3 N–H and O–H groups in total. The van der Waals surface area contributed by atoms with Crippen LogP contribution in [-0.2, 0) is 6.54 Å². The number of anilines is 1. The molecule has 0 unspecified atom stereocenters. The number of halogens is 2. The summed E-state index contributed by atoms with van der Waals surface area (Å²) in [7, 11) is 0. The highest BCUT2D eigenvalue weighted by molar-refractivity contribution is 6.32. The van der Waals surface area contributed by atoms with E-state index in [1.807, 2.05) is 25.4 Å². The molecule has 4 aromatic rings. The van der Waals surface area contributed by atoms with Crippen LogP contribution in [0.1, 0.15) is 38.6 Å². The van der Waals surface area contributed by atoms with E-state index < -0.39 is 6.10 Å². The number of nitrogens with one attached hydrogen (secondary N) is 1. The molecule has 1 aromatic carbocycles. The van der Waals surface area contributed by atoms with Gasteiger partial charge in [-0.3, -0.25) is 9.36 Å². The predicted molar refractivity (Wildman–Crippen MR) is 139 cm³/mol. The van der Waals surface area contributed by atoms with Crippen molar-refractivity contribution in [3.05, 3.63) is 53.7 Å². The van der Waals surface area contributed by atoms with Crippen molar-refractivity contribution in [3.8, 4) is 17.0 Å². The standard InChI is InChI=1S/C26H30ClFN6O3/c1-2-29-25-10-23-21(12-30-25)26(16-11-31-33(13-16)14-19(36)15-35)32-34(23)18-4-6-20(7-5-18)37-24-8-3-17(28)9-22(24)27/h3,8-13,18-20,35-36H,2,4-7,14-15H2,1H3,(H,29,30)/t18?,19-,20?/m1/s1. The molecule has 0 spiro atoms. The summed E-state index contributed by atoms with van der Waals surface area (Å²) in [5.74, 6) is 0.902. The molecule has 1 aliphatic carbocycles. The van der Waals surface area contributed by atoms with E-state index in [1.165, 1.54) is 12.1 Å². The number of rotatable bonds is 9. The number of ether oxygens (including phenoxy) is 1. The molecule has 3 aromatic heterocycles. The van der Waals surface area contributed by atoms with Crippen LogP contribution in [0, 0.1) is 5.82 Å². The first-order valence-electron chi connectivity index (χ1n) is 12.5. The van der Waals surface area contributed by atoms with Crippen LogP contribution in [0.2, 0.25) is 5.02 Å². The Bertz CT molecular complexity index is 1370. The fraction of sp³-hybridized carbons (Fsp3) is 0.423. The molecule has 0 saturated heterocycles. The minimum absolute atomic E-state index is 0.00400. The van der Waals surface area contributed by atoms with E-state index in [1.54, 1.807) is 16.9 Å². The molecule has 1 saturated carbocycles. The van der Waals surface area contributed by atoms with Gasteiger partial charge >= 0.3 is 0 Å². The third kappa shape index (κ3) is 5.56. The molecule has 0 amide bonds. The molecular weight excluding hydrogens is 499 g/mol. The smallest absolute Gasteiger partial charge is 0.138 e. The van der Waals surface area contributed by atoms with E-state index in [0.717, 1.165) is 60.2 Å². The second-order valence-corrected chi connectivity index (χ2v) is 9.73. The lowest BCUT2D eigenvalue weighted by atomic mass is 9.93. The molecule has 37 heavy (non-hydrogen) atoms. The molecule has 1 fully saturated rings. The average Bonchev–Trinajstić information content (AvgIpc) is 3.50. The average molecular weight is 529 g/mol. The highest BCUT2D eigenvalue weighted by Gasteiger charge is 2.27. The SMILES string of the molecule is CCNc1cc2c(cn1)c(-c1cnn(C[C@@H](O)CO)c1)nn2C1CCC(Oc2ccc(F)cc2Cl)CC1. The number of hydrogen-bond acceptors (Lipinski definition) is 7. The zero-order valence-electron chi connectivity index (χ0n) is 20.5. The highest BCUT2D eigenvalue weighted by atomic mass is 35.5. The molecule has 0 bridgehead atoms. The number of pyridine rings is 1. The Morgan fingerprint density at radius 1 is 1.22 bits per heavy atom. The van der Waals surface area contributed by atoms with E-state index in [2.05, 4.69) is 20.1 Å². The monoisotopic (exact) mass is 528 g/mol. The number of aromatic nitrogens is 5. The predicted octanol–water partition coefficient (Wildman–Crippen LogP) is 4.44. The molecule has 9 nitrogen and oxygen atoms in total. The second-order valence-electron chi connectivity index (χ2n) is 9.32. The Labute approximate surface area is 218 Å². The van der Waals surface area contributed by atoms with Crippen molar-refractivity contribution < 1.29 is 19.3 Å². The second kappa shape index (κ2) is 11.0. The number of fused-ring (bicyclic) bond motifs is 1. The van der Waals surface area contributed by atoms with Crippen LogP contribution >= 0.6 is 11.6 Å². The topological polar surface area (TPSA) is 110 Å². The zero-order valence-corrected chi connectivity index (χ0v) is 21.3. The summed E-state index contributed by atoms with van der Waals surface area (Å²) in [5, 5.41) is 32.7. The van der Waals surface area contributed by atoms with Gasteiger partial charge in [-0.15, -0.1) is 0 Å². The van der Waals surface area contributed by atoms with Crippen LogP contribution in [-0.4, -0.2) is 60.1 Å². The maximum atomic E-state index is 13.4. The summed E-state index contributed by atoms with van der Waals surface area (Å²) < 4.78 is 23.1. The molecule has 11 heteroatoms. The van der Waals surface area contributed by atoms with Crippen LogP contribution < -0.4 is 10.1 Å². The Balaban J connectivity index is 1.39. The van der Waals surface area contributed by atoms with Crippen molar-refractivity contribution in [3.63, 3.8) is 0 Å². The van der Waals surface area contributed by atoms with Gasteiger partial charge in [0.15, 0.2) is 0 Å². The lowest BCUT2D eigenvalue weighted by Crippen LogP contribution is -2.26. The molecule has 5 rings (SSSR count). The van der Waals surface area contributed by atoms with Gasteiger partial charge in [-0.2, -0.15) is 10.2 Å². The molecule has 0 radical (unpaired) electrons. The molecule has 1 aliphatic rings. The van der Waals surface area contributed by atoms with Crippen molar-refractivity contribution in [2.75, 3.05) is 18.5 Å². The van der Waals surface area contributed by atoms with Crippen molar-refractivity contribution in [1.29, 1.82) is 0 Å². The minimum Gasteiger partial charge on any atom is -0.489 e. The maximum Gasteiger partial charge on any atom is 0.138 e. The lowest BCUT2D eigenvalue weighted by Gasteiger charge is -2.29. The number of nitrogens with zero attached hydrogens (tertiary/aromatic N) is 5. The molecule has 196 valence electrons. The summed E-state index contributed by atoms with van der Waals surface area (Å²) in [6.45, 7) is 2.65. The molecule has 3 heterocycles. The minimum atomic E-state index is -0.881. The third-order valence-electron chi connectivity index (χ3n) is 6.64. The van der Waals surface area contributed by atoms with E-state index in [0.29, 0.717) is 5.75 Å². The number of hydrogen-bond donors (Lipinski definition) is 3. The van der Waals surface area contributed by atoms with Crippen LogP contribution in [0.3, 0.4) is 0 Å². The Kier molecular flexibility index (Phi) is 7.59. The van der Waals surface area contributed by atoms with Gasteiger partial charge in [0.25, 0.3) is 0 Å². The van der Waals surface area contributed by atoms with Crippen LogP contribution in [0.5, 0.6) is 5.75 Å². The Morgan fingerprint density at radius 3 is 2.76 bits per heavy atom. The largest absolute Gasteiger partial charge is 0.489 e. The fourth-order valence-corrected chi connectivity index (χ4v) is 5.03. The fourth-order valence-electron chi connectivity index (χ4n) is 4.82. The summed E-state index contributed by atoms with van der Waals surface area (Å²) >= 11 is 6.15. The Hall–Kier alpha value is -3.21. The first-order valence-corrected chi connectivity index (χ1v) is 12.9. The van der Waals surface area contributed by atoms with Crippen LogP contribution in [0.4, 0.5) is 10.2 Å². The summed E-state index contributed by atoms with van der Waals surface area (Å²) in [6, 6.07) is 6.39. The quantitative estimate of drug-likeness (QED) is 0.294. The number of benzene rings is 1. The van der Waals surface area contributed by atoms with Gasteiger partial charge < -0.3 is 20.3 Å². The normalized spacial score (nSPS) is 18.7. The van der Waals surface area contributed by atoms with E-state index in [4.69, 9.17) is 26.5 Å². The van der Waals surface area contributed by atoms with E-state index in [9.17, 15) is 9.50 Å². The van der Waals surface area contributed by atoms with Gasteiger partial charge in [-0.05, 0) is 50.8 Å². The molecule has 0 aliphatic heterocycles. The van der Waals surface area contributed by atoms with Gasteiger partial charge in [0.05, 0.1) is 48.1 Å². The van der Waals surface area contributed by atoms with Crippen molar-refractivity contribution in [2.45, 2.75) is 57.4 Å². The molecule has 1 atom stereocenters. The first-order chi connectivity index (χ1) is 17.9. The van der Waals surface area contributed by atoms with Gasteiger partial charge in [-0.1, -0.05) is 11.6 Å². The number of aliphatic hydroxyl groups excluding tert-OH is 2. The van der Waals surface area contributed by atoms with Crippen molar-refractivity contribution in [1.82, 2.24) is 24.5 Å². The lowest BCUT2D eigenvalue weighted by molar-refractivity contribution is 0.0783. The van der Waals surface area contributed by atoms with Crippen molar-refractivity contribution >= 4 is 28.3 Å². The summed E-state index contributed by atoms with van der Waals surface area (Å²) in [6.07, 6.45) is 7.84. The summed E-state index contributed by atoms with van der Waals surface area (Å²) in [5.41, 5.74) is 2.57. The Morgan fingerprint density at radius 2 is 2.03 bits per heavy atom. The summed E-state index contributed by atoms with van der Waals surface area (Å²) in [4.78, 5) is 4.56. The van der Waals surface area contributed by atoms with E-state index >= 15 is 0 Å². The van der Waals surface area contributed by atoms with Gasteiger partial charge in [-0.25, -0.2) is 9.37 Å². The third-order valence-corrected chi connectivity index (χ3v) is 6.94.